The van der Waals surface area contributed by atoms with Crippen molar-refractivity contribution in [1.29, 1.82) is 0 Å². The van der Waals surface area contributed by atoms with Gasteiger partial charge < -0.3 is 15.5 Å². The monoisotopic (exact) mass is 463 g/mol. The number of fused-ring (bicyclic) bond motifs is 1. The maximum Gasteiger partial charge on any atom is 0.225 e. The second-order valence-corrected chi connectivity index (χ2v) is 10.6. The second kappa shape index (κ2) is 13.1. The normalized spacial score (nSPS) is 20.1. The molecule has 1 fully saturated rings. The summed E-state index contributed by atoms with van der Waals surface area (Å²) in [5.41, 5.74) is 4.11. The summed E-state index contributed by atoms with van der Waals surface area (Å²) in [5.74, 6) is 2.78. The summed E-state index contributed by atoms with van der Waals surface area (Å²) < 4.78 is 0. The van der Waals surface area contributed by atoms with Crippen LogP contribution in [0.1, 0.15) is 81.0 Å². The van der Waals surface area contributed by atoms with E-state index in [0.717, 1.165) is 30.5 Å². The third kappa shape index (κ3) is 7.43. The van der Waals surface area contributed by atoms with Crippen molar-refractivity contribution in [3.63, 3.8) is 0 Å². The number of rotatable bonds is 12. The van der Waals surface area contributed by atoms with Crippen LogP contribution in [0.4, 0.5) is 11.8 Å². The molecular formula is C29H45N5. The second-order valence-electron chi connectivity index (χ2n) is 10.6. The Morgan fingerprint density at radius 1 is 0.882 bits per heavy atom. The van der Waals surface area contributed by atoms with Crippen LogP contribution in [0.2, 0.25) is 0 Å². The van der Waals surface area contributed by atoms with Gasteiger partial charge in [-0.05, 0) is 95.2 Å². The summed E-state index contributed by atoms with van der Waals surface area (Å²) >= 11 is 0. The van der Waals surface area contributed by atoms with Crippen LogP contribution in [-0.4, -0.2) is 43.2 Å². The van der Waals surface area contributed by atoms with Crippen molar-refractivity contribution in [2.75, 3.05) is 37.4 Å². The van der Waals surface area contributed by atoms with Crippen molar-refractivity contribution < 1.29 is 0 Å². The highest BCUT2D eigenvalue weighted by atomic mass is 15.2. The van der Waals surface area contributed by atoms with E-state index in [-0.39, 0.29) is 0 Å². The lowest BCUT2D eigenvalue weighted by Gasteiger charge is -2.30. The molecule has 0 amide bonds. The van der Waals surface area contributed by atoms with Crippen molar-refractivity contribution in [3.8, 4) is 0 Å². The Kier molecular flexibility index (Phi) is 9.61. The fourth-order valence-electron chi connectivity index (χ4n) is 5.59. The van der Waals surface area contributed by atoms with Crippen LogP contribution >= 0.6 is 0 Å². The number of aryl methyl sites for hydroxylation is 2. The van der Waals surface area contributed by atoms with E-state index in [2.05, 4.69) is 60.0 Å². The van der Waals surface area contributed by atoms with Crippen LogP contribution in [-0.2, 0) is 19.3 Å². The molecule has 0 radical (unpaired) electrons. The van der Waals surface area contributed by atoms with Crippen molar-refractivity contribution in [3.05, 3.63) is 47.2 Å². The number of aromatic nitrogens is 2. The Bertz CT molecular complexity index is 858. The summed E-state index contributed by atoms with van der Waals surface area (Å²) in [6.45, 7) is 2.34. The van der Waals surface area contributed by atoms with Gasteiger partial charge in [0.05, 0.1) is 5.69 Å². The predicted molar refractivity (Wildman–Crippen MR) is 144 cm³/mol. The number of unbranched alkanes of at least 4 members (excludes halogenated alkanes) is 3. The van der Waals surface area contributed by atoms with E-state index in [9.17, 15) is 0 Å². The van der Waals surface area contributed by atoms with Gasteiger partial charge in [-0.3, -0.25) is 0 Å². The average Bonchev–Trinajstić information content (AvgIpc) is 2.86. The lowest BCUT2D eigenvalue weighted by atomic mass is 9.86. The first-order valence-electron chi connectivity index (χ1n) is 13.8. The molecule has 4 rings (SSSR count). The molecule has 0 unspecified atom stereocenters. The highest BCUT2D eigenvalue weighted by molar-refractivity contribution is 5.52. The molecule has 5 nitrogen and oxygen atoms in total. The fourth-order valence-corrected chi connectivity index (χ4v) is 5.59. The van der Waals surface area contributed by atoms with Gasteiger partial charge in [0.2, 0.25) is 5.95 Å². The Morgan fingerprint density at radius 3 is 2.44 bits per heavy atom. The van der Waals surface area contributed by atoms with Gasteiger partial charge in [-0.25, -0.2) is 4.98 Å². The molecule has 0 spiro atoms. The number of nitrogens with one attached hydrogen (secondary N) is 2. The molecule has 2 aliphatic rings. The predicted octanol–water partition coefficient (Wildman–Crippen LogP) is 5.78. The van der Waals surface area contributed by atoms with Gasteiger partial charge in [0.25, 0.3) is 0 Å². The highest BCUT2D eigenvalue weighted by Gasteiger charge is 2.23. The van der Waals surface area contributed by atoms with Crippen molar-refractivity contribution >= 4 is 11.8 Å². The first-order valence-corrected chi connectivity index (χ1v) is 13.8. The topological polar surface area (TPSA) is 53.1 Å². The van der Waals surface area contributed by atoms with E-state index in [1.807, 2.05) is 0 Å². The standard InChI is InChI=1S/C29H45N5/c1-34(2)28-26-15-9-10-16-27(26)32-29(33-28)31-25-19-17-24(18-20-25)22-30-21-11-4-3-6-12-23-13-7-5-8-14-23/h5,7-8,13-14,24-25,30H,3-4,6,9-12,15-22H2,1-2H3,(H,31,32,33). The minimum Gasteiger partial charge on any atom is -0.362 e. The van der Waals surface area contributed by atoms with Crippen LogP contribution in [0.25, 0.3) is 0 Å². The Morgan fingerprint density at radius 2 is 1.65 bits per heavy atom. The van der Waals surface area contributed by atoms with Crippen LogP contribution in [0, 0.1) is 5.92 Å². The number of hydrogen-bond acceptors (Lipinski definition) is 5. The zero-order chi connectivity index (χ0) is 23.6. The van der Waals surface area contributed by atoms with Gasteiger partial charge in [-0.2, -0.15) is 4.98 Å². The van der Waals surface area contributed by atoms with Gasteiger partial charge in [0, 0.05) is 25.7 Å². The van der Waals surface area contributed by atoms with E-state index in [4.69, 9.17) is 9.97 Å². The smallest absolute Gasteiger partial charge is 0.225 e. The van der Waals surface area contributed by atoms with Gasteiger partial charge in [-0.15, -0.1) is 0 Å². The van der Waals surface area contributed by atoms with Crippen LogP contribution in [0.5, 0.6) is 0 Å². The number of nitrogens with zero attached hydrogens (tertiary/aromatic N) is 3. The van der Waals surface area contributed by atoms with Crippen LogP contribution < -0.4 is 15.5 Å². The molecule has 0 aliphatic heterocycles. The summed E-state index contributed by atoms with van der Waals surface area (Å²) in [5, 5.41) is 7.42. The van der Waals surface area contributed by atoms with E-state index < -0.39 is 0 Å². The molecule has 2 N–H and O–H groups in total. The third-order valence-electron chi connectivity index (χ3n) is 7.61. The molecule has 5 heteroatoms. The van der Waals surface area contributed by atoms with Gasteiger partial charge in [0.15, 0.2) is 0 Å². The summed E-state index contributed by atoms with van der Waals surface area (Å²) in [4.78, 5) is 12.0. The molecule has 2 aromatic rings. The van der Waals surface area contributed by atoms with E-state index >= 15 is 0 Å². The zero-order valence-corrected chi connectivity index (χ0v) is 21.5. The molecule has 0 saturated heterocycles. The first-order chi connectivity index (χ1) is 16.7. The number of hydrogen-bond donors (Lipinski definition) is 2. The molecule has 34 heavy (non-hydrogen) atoms. The van der Waals surface area contributed by atoms with Crippen molar-refractivity contribution in [2.45, 2.75) is 89.5 Å². The van der Waals surface area contributed by atoms with E-state index in [0.29, 0.717) is 6.04 Å². The quantitative estimate of drug-likeness (QED) is 0.391. The molecule has 186 valence electrons. The maximum absolute atomic E-state index is 4.92. The Labute approximate surface area is 207 Å². The lowest BCUT2D eigenvalue weighted by molar-refractivity contribution is 0.323. The lowest BCUT2D eigenvalue weighted by Crippen LogP contribution is -2.32. The highest BCUT2D eigenvalue weighted by Crippen LogP contribution is 2.30. The van der Waals surface area contributed by atoms with Crippen LogP contribution in [0.3, 0.4) is 0 Å². The van der Waals surface area contributed by atoms with Crippen molar-refractivity contribution in [2.24, 2.45) is 5.92 Å². The number of anilines is 2. The number of benzene rings is 1. The minimum atomic E-state index is 0.512. The molecule has 0 atom stereocenters. The summed E-state index contributed by atoms with van der Waals surface area (Å²) in [7, 11) is 4.20. The Balaban J connectivity index is 1.09. The molecule has 1 heterocycles. The summed E-state index contributed by atoms with van der Waals surface area (Å²) in [6, 6.07) is 11.4. The summed E-state index contributed by atoms with van der Waals surface area (Å²) in [6.07, 6.45) is 16.3. The third-order valence-corrected chi connectivity index (χ3v) is 7.61. The maximum atomic E-state index is 4.92. The minimum absolute atomic E-state index is 0.512. The molecule has 0 bridgehead atoms. The van der Waals surface area contributed by atoms with E-state index in [1.165, 1.54) is 101 Å². The molecule has 1 aromatic heterocycles. The molecule has 1 saturated carbocycles. The van der Waals surface area contributed by atoms with Gasteiger partial charge in [0.1, 0.15) is 5.82 Å². The Hall–Kier alpha value is -2.14. The SMILES string of the molecule is CN(C)c1nc(NC2CCC(CNCCCCCCc3ccccc3)CC2)nc2c1CCCC2. The van der Waals surface area contributed by atoms with Gasteiger partial charge >= 0.3 is 0 Å². The van der Waals surface area contributed by atoms with Crippen LogP contribution in [0.15, 0.2) is 30.3 Å². The molecule has 1 aromatic carbocycles. The molecular weight excluding hydrogens is 418 g/mol. The first kappa shape index (κ1) is 25.0. The largest absolute Gasteiger partial charge is 0.362 e. The van der Waals surface area contributed by atoms with Crippen molar-refractivity contribution in [1.82, 2.24) is 15.3 Å². The average molecular weight is 464 g/mol. The zero-order valence-electron chi connectivity index (χ0n) is 21.5. The van der Waals surface area contributed by atoms with Gasteiger partial charge in [-0.1, -0.05) is 43.2 Å². The molecule has 2 aliphatic carbocycles. The van der Waals surface area contributed by atoms with E-state index in [1.54, 1.807) is 0 Å². The fraction of sp³-hybridized carbons (Fsp3) is 0.655.